The Morgan fingerprint density at radius 3 is 2.45 bits per heavy atom. The van der Waals surface area contributed by atoms with Gasteiger partial charge in [0.05, 0.1) is 11.5 Å². The summed E-state index contributed by atoms with van der Waals surface area (Å²) in [7, 11) is 0. The summed E-state index contributed by atoms with van der Waals surface area (Å²) in [5.41, 5.74) is 8.78. The van der Waals surface area contributed by atoms with E-state index in [1.54, 1.807) is 4.90 Å². The lowest BCUT2D eigenvalue weighted by molar-refractivity contribution is -0.137. The first-order valence-corrected chi connectivity index (χ1v) is 10.5. The van der Waals surface area contributed by atoms with Crippen LogP contribution in [0, 0.1) is 33.6 Å². The van der Waals surface area contributed by atoms with Crippen LogP contribution in [-0.4, -0.2) is 46.9 Å². The van der Waals surface area contributed by atoms with Crippen LogP contribution in [0.3, 0.4) is 0 Å². The van der Waals surface area contributed by atoms with Gasteiger partial charge in [-0.05, 0) is 58.2 Å². The highest BCUT2D eigenvalue weighted by atomic mass is 32.1. The van der Waals surface area contributed by atoms with Crippen molar-refractivity contribution in [3.05, 3.63) is 39.5 Å². The Bertz CT molecular complexity index is 940. The third-order valence-electron chi connectivity index (χ3n) is 5.55. The SMILES string of the molecule is Cc1sc(-n2c(C)ccc2C)c(C(=O)OCC(=O)N2CCC[C@H](C(N)=O)C2)c1C. The molecule has 7 nitrogen and oxygen atoms in total. The van der Waals surface area contributed by atoms with E-state index in [0.717, 1.165) is 26.8 Å². The zero-order valence-corrected chi connectivity index (χ0v) is 18.1. The zero-order valence-electron chi connectivity index (χ0n) is 17.3. The molecular weight excluding hydrogens is 390 g/mol. The van der Waals surface area contributed by atoms with Crippen LogP contribution in [0.4, 0.5) is 0 Å². The highest BCUT2D eigenvalue weighted by molar-refractivity contribution is 7.15. The molecule has 0 aromatic carbocycles. The minimum atomic E-state index is -0.508. The summed E-state index contributed by atoms with van der Waals surface area (Å²) < 4.78 is 7.43. The summed E-state index contributed by atoms with van der Waals surface area (Å²) in [5.74, 6) is -1.54. The lowest BCUT2D eigenvalue weighted by Gasteiger charge is -2.31. The number of carbonyl (C=O) groups excluding carboxylic acids is 3. The number of likely N-dealkylation sites (tertiary alicyclic amines) is 1. The van der Waals surface area contributed by atoms with Crippen LogP contribution in [0.25, 0.3) is 5.00 Å². The fourth-order valence-corrected chi connectivity index (χ4v) is 4.99. The van der Waals surface area contributed by atoms with Crippen LogP contribution >= 0.6 is 11.3 Å². The Hall–Kier alpha value is -2.61. The Kier molecular flexibility index (Phi) is 6.12. The summed E-state index contributed by atoms with van der Waals surface area (Å²) in [6.45, 7) is 8.32. The standard InChI is InChI=1S/C21H27N3O4S/c1-12-7-8-13(2)24(12)20-18(14(3)15(4)29-20)21(27)28-11-17(25)23-9-5-6-16(10-23)19(22)26/h7-8,16H,5-6,9-11H2,1-4H3,(H2,22,26)/t16-/m0/s1. The largest absolute Gasteiger partial charge is 0.452 e. The predicted octanol–water partition coefficient (Wildman–Crippen LogP) is 2.65. The molecule has 2 aromatic rings. The number of nitrogens with zero attached hydrogens (tertiary/aromatic N) is 2. The van der Waals surface area contributed by atoms with Gasteiger partial charge in [-0.2, -0.15) is 0 Å². The minimum absolute atomic E-state index is 0.287. The van der Waals surface area contributed by atoms with Gasteiger partial charge in [-0.15, -0.1) is 11.3 Å². The number of esters is 1. The van der Waals surface area contributed by atoms with E-state index in [-0.39, 0.29) is 25.0 Å². The van der Waals surface area contributed by atoms with Crippen molar-refractivity contribution < 1.29 is 19.1 Å². The Morgan fingerprint density at radius 1 is 1.17 bits per heavy atom. The van der Waals surface area contributed by atoms with Crippen molar-refractivity contribution in [3.63, 3.8) is 0 Å². The van der Waals surface area contributed by atoms with Crippen LogP contribution in [0.2, 0.25) is 0 Å². The second-order valence-electron chi connectivity index (χ2n) is 7.57. The van der Waals surface area contributed by atoms with E-state index < -0.39 is 11.9 Å². The van der Waals surface area contributed by atoms with Crippen molar-refractivity contribution in [1.29, 1.82) is 0 Å². The number of aromatic nitrogens is 1. The van der Waals surface area contributed by atoms with Crippen LogP contribution < -0.4 is 5.73 Å². The van der Waals surface area contributed by atoms with Crippen molar-refractivity contribution in [2.24, 2.45) is 11.7 Å². The molecule has 0 unspecified atom stereocenters. The van der Waals surface area contributed by atoms with Gasteiger partial charge >= 0.3 is 5.97 Å². The normalized spacial score (nSPS) is 16.7. The molecule has 0 saturated carbocycles. The van der Waals surface area contributed by atoms with Gasteiger partial charge in [0.2, 0.25) is 5.91 Å². The lowest BCUT2D eigenvalue weighted by Crippen LogP contribution is -2.45. The molecule has 1 aliphatic rings. The molecule has 0 bridgehead atoms. The molecule has 156 valence electrons. The van der Waals surface area contributed by atoms with Crippen molar-refractivity contribution in [3.8, 4) is 5.00 Å². The molecule has 2 N–H and O–H groups in total. The van der Waals surface area contributed by atoms with E-state index in [9.17, 15) is 14.4 Å². The minimum Gasteiger partial charge on any atom is -0.452 e. The number of piperidine rings is 1. The van der Waals surface area contributed by atoms with Crippen molar-refractivity contribution >= 4 is 29.1 Å². The third-order valence-corrected chi connectivity index (χ3v) is 6.74. The van der Waals surface area contributed by atoms with E-state index in [4.69, 9.17) is 10.5 Å². The van der Waals surface area contributed by atoms with E-state index >= 15 is 0 Å². The van der Waals surface area contributed by atoms with Gasteiger partial charge in [-0.3, -0.25) is 9.59 Å². The quantitative estimate of drug-likeness (QED) is 0.757. The molecular formula is C21H27N3O4S. The molecule has 0 aliphatic carbocycles. The molecule has 1 saturated heterocycles. The van der Waals surface area contributed by atoms with Gasteiger partial charge in [0.15, 0.2) is 6.61 Å². The monoisotopic (exact) mass is 417 g/mol. The van der Waals surface area contributed by atoms with Crippen LogP contribution in [0.15, 0.2) is 12.1 Å². The Morgan fingerprint density at radius 2 is 1.83 bits per heavy atom. The topological polar surface area (TPSA) is 94.6 Å². The molecule has 3 heterocycles. The number of thiophene rings is 1. The number of primary amides is 1. The first kappa shape index (κ1) is 21.1. The van der Waals surface area contributed by atoms with E-state index in [1.165, 1.54) is 11.3 Å². The number of hydrogen-bond donors (Lipinski definition) is 1. The second-order valence-corrected chi connectivity index (χ2v) is 8.78. The van der Waals surface area contributed by atoms with Gasteiger partial charge in [-0.1, -0.05) is 0 Å². The number of nitrogens with two attached hydrogens (primary N) is 1. The maximum atomic E-state index is 12.9. The summed E-state index contributed by atoms with van der Waals surface area (Å²) in [6.07, 6.45) is 1.40. The maximum absolute atomic E-state index is 12.9. The first-order chi connectivity index (χ1) is 13.7. The van der Waals surface area contributed by atoms with Gasteiger partial charge in [0.25, 0.3) is 5.91 Å². The average Bonchev–Trinajstić information content (AvgIpc) is 3.17. The number of rotatable bonds is 5. The van der Waals surface area contributed by atoms with E-state index in [1.807, 2.05) is 44.4 Å². The number of aryl methyl sites for hydroxylation is 3. The summed E-state index contributed by atoms with van der Waals surface area (Å²) in [4.78, 5) is 39.4. The molecule has 2 amide bonds. The van der Waals surface area contributed by atoms with Gasteiger partial charge in [0, 0.05) is 29.4 Å². The zero-order chi connectivity index (χ0) is 21.3. The molecule has 1 aliphatic heterocycles. The predicted molar refractivity (Wildman–Crippen MR) is 111 cm³/mol. The molecule has 8 heteroatoms. The Labute approximate surface area is 174 Å². The Balaban J connectivity index is 1.75. The van der Waals surface area contributed by atoms with E-state index in [0.29, 0.717) is 24.9 Å². The summed E-state index contributed by atoms with van der Waals surface area (Å²) in [5, 5.41) is 0.809. The van der Waals surface area contributed by atoms with Gasteiger partial charge in [-0.25, -0.2) is 4.79 Å². The number of amides is 2. The highest BCUT2D eigenvalue weighted by Gasteiger charge is 2.29. The van der Waals surface area contributed by atoms with E-state index in [2.05, 4.69) is 0 Å². The highest BCUT2D eigenvalue weighted by Crippen LogP contribution is 2.33. The van der Waals surface area contributed by atoms with Crippen LogP contribution in [-0.2, 0) is 14.3 Å². The number of carbonyl (C=O) groups is 3. The molecule has 0 radical (unpaired) electrons. The summed E-state index contributed by atoms with van der Waals surface area (Å²) in [6, 6.07) is 4.01. The van der Waals surface area contributed by atoms with Crippen molar-refractivity contribution in [2.45, 2.75) is 40.5 Å². The molecule has 1 fully saturated rings. The first-order valence-electron chi connectivity index (χ1n) is 9.70. The smallest absolute Gasteiger partial charge is 0.341 e. The molecule has 2 aromatic heterocycles. The van der Waals surface area contributed by atoms with Gasteiger partial charge < -0.3 is 19.9 Å². The molecule has 0 spiro atoms. The fourth-order valence-electron chi connectivity index (χ4n) is 3.72. The van der Waals surface area contributed by atoms with Crippen molar-refractivity contribution in [2.75, 3.05) is 19.7 Å². The second kappa shape index (κ2) is 8.41. The third kappa shape index (κ3) is 4.22. The molecule has 1 atom stereocenters. The van der Waals surface area contributed by atoms with Crippen LogP contribution in [0.1, 0.15) is 45.0 Å². The maximum Gasteiger partial charge on any atom is 0.341 e. The van der Waals surface area contributed by atoms with Crippen molar-refractivity contribution in [1.82, 2.24) is 9.47 Å². The summed E-state index contributed by atoms with van der Waals surface area (Å²) >= 11 is 1.54. The number of ether oxygens (including phenoxy) is 1. The molecule has 3 rings (SSSR count). The molecule has 29 heavy (non-hydrogen) atoms. The fraction of sp³-hybridized carbons (Fsp3) is 0.476. The van der Waals surface area contributed by atoms with Gasteiger partial charge in [0.1, 0.15) is 5.00 Å². The average molecular weight is 418 g/mol. The lowest BCUT2D eigenvalue weighted by atomic mass is 9.97. The van der Waals surface area contributed by atoms with Crippen LogP contribution in [0.5, 0.6) is 0 Å². The number of hydrogen-bond acceptors (Lipinski definition) is 5.